The van der Waals surface area contributed by atoms with Crippen molar-refractivity contribution in [2.45, 2.75) is 19.9 Å². The zero-order valence-electron chi connectivity index (χ0n) is 12.1. The molecule has 0 aliphatic rings. The van der Waals surface area contributed by atoms with Crippen molar-refractivity contribution in [2.75, 3.05) is 17.7 Å². The summed E-state index contributed by atoms with van der Waals surface area (Å²) in [5, 5.41) is 12.1. The van der Waals surface area contributed by atoms with Crippen LogP contribution in [0.25, 0.3) is 0 Å². The van der Waals surface area contributed by atoms with Crippen LogP contribution >= 0.6 is 0 Å². The lowest BCUT2D eigenvalue weighted by Gasteiger charge is -2.13. The lowest BCUT2D eigenvalue weighted by molar-refractivity contribution is 0.319. The van der Waals surface area contributed by atoms with Crippen LogP contribution in [0.15, 0.2) is 42.5 Å². The molecule has 0 saturated carbocycles. The van der Waals surface area contributed by atoms with Gasteiger partial charge >= 0.3 is 0 Å². The molecule has 0 heterocycles. The molecule has 2 aromatic carbocycles. The van der Waals surface area contributed by atoms with Crippen LogP contribution < -0.4 is 15.8 Å². The molecule has 0 unspecified atom stereocenters. The molecule has 0 radical (unpaired) electrons. The molecule has 21 heavy (non-hydrogen) atoms. The number of nitriles is 1. The van der Waals surface area contributed by atoms with E-state index in [4.69, 9.17) is 15.7 Å². The van der Waals surface area contributed by atoms with Gasteiger partial charge in [-0.25, -0.2) is 0 Å². The van der Waals surface area contributed by atoms with E-state index in [0.29, 0.717) is 30.2 Å². The average molecular weight is 281 g/mol. The first kappa shape index (κ1) is 14.7. The Morgan fingerprint density at radius 1 is 1.19 bits per heavy atom. The smallest absolute Gasteiger partial charge is 0.144 e. The van der Waals surface area contributed by atoms with Gasteiger partial charge in [-0.3, -0.25) is 0 Å². The van der Waals surface area contributed by atoms with Gasteiger partial charge in [0.15, 0.2) is 0 Å². The summed E-state index contributed by atoms with van der Waals surface area (Å²) < 4.78 is 5.61. The average Bonchev–Trinajstić information content (AvgIpc) is 2.53. The van der Waals surface area contributed by atoms with Gasteiger partial charge in [0.1, 0.15) is 5.75 Å². The molecule has 0 bridgehead atoms. The highest BCUT2D eigenvalue weighted by atomic mass is 16.5. The Balaban J connectivity index is 2.03. The molecule has 4 heteroatoms. The molecule has 108 valence electrons. The summed E-state index contributed by atoms with van der Waals surface area (Å²) >= 11 is 0. The maximum atomic E-state index is 8.78. The van der Waals surface area contributed by atoms with E-state index >= 15 is 0 Å². The fourth-order valence-electron chi connectivity index (χ4n) is 1.93. The Morgan fingerprint density at radius 2 is 1.95 bits per heavy atom. The van der Waals surface area contributed by atoms with Gasteiger partial charge in [0.25, 0.3) is 0 Å². The van der Waals surface area contributed by atoms with E-state index in [1.807, 2.05) is 30.3 Å². The van der Waals surface area contributed by atoms with Crippen LogP contribution in [0.1, 0.15) is 24.5 Å². The Morgan fingerprint density at radius 3 is 2.62 bits per heavy atom. The molecule has 0 amide bonds. The maximum absolute atomic E-state index is 8.78. The van der Waals surface area contributed by atoms with Crippen LogP contribution in [0.4, 0.5) is 11.4 Å². The van der Waals surface area contributed by atoms with E-state index in [-0.39, 0.29) is 0 Å². The predicted octanol–water partition coefficient (Wildman–Crippen LogP) is 3.54. The quantitative estimate of drug-likeness (QED) is 0.794. The van der Waals surface area contributed by atoms with Crippen molar-refractivity contribution >= 4 is 11.4 Å². The monoisotopic (exact) mass is 281 g/mol. The number of hydrogen-bond acceptors (Lipinski definition) is 4. The summed E-state index contributed by atoms with van der Waals surface area (Å²) in [6.45, 7) is 3.36. The van der Waals surface area contributed by atoms with Gasteiger partial charge in [-0.15, -0.1) is 0 Å². The third-order valence-electron chi connectivity index (χ3n) is 3.09. The second kappa shape index (κ2) is 7.20. The largest absolute Gasteiger partial charge is 0.491 e. The third-order valence-corrected chi connectivity index (χ3v) is 3.09. The minimum absolute atomic E-state index is 0.625. The molecule has 2 rings (SSSR count). The number of anilines is 2. The van der Waals surface area contributed by atoms with Crippen molar-refractivity contribution in [3.63, 3.8) is 0 Å². The Kier molecular flexibility index (Phi) is 5.05. The standard InChI is InChI=1S/C17H19N3O/c1-2-10-21-16-5-3-4-15(17(16)19)20-12-14-8-6-13(11-18)7-9-14/h3-9,20H,2,10,12,19H2,1H3. The van der Waals surface area contributed by atoms with Gasteiger partial charge in [0.05, 0.1) is 29.6 Å². The number of benzene rings is 2. The Bertz CT molecular complexity index is 629. The van der Waals surface area contributed by atoms with Crippen molar-refractivity contribution in [3.05, 3.63) is 53.6 Å². The number of ether oxygens (including phenoxy) is 1. The summed E-state index contributed by atoms with van der Waals surface area (Å²) in [5.41, 5.74) is 9.33. The maximum Gasteiger partial charge on any atom is 0.144 e. The highest BCUT2D eigenvalue weighted by Gasteiger charge is 2.05. The third kappa shape index (κ3) is 3.90. The molecule has 0 aromatic heterocycles. The fraction of sp³-hybridized carbons (Fsp3) is 0.235. The van der Waals surface area contributed by atoms with Crippen LogP contribution in [-0.2, 0) is 6.54 Å². The molecule has 3 N–H and O–H groups in total. The highest BCUT2D eigenvalue weighted by Crippen LogP contribution is 2.29. The molecule has 4 nitrogen and oxygen atoms in total. The first-order valence-electron chi connectivity index (χ1n) is 6.98. The van der Waals surface area contributed by atoms with Crippen LogP contribution in [0.2, 0.25) is 0 Å². The topological polar surface area (TPSA) is 71.1 Å². The lowest BCUT2D eigenvalue weighted by atomic mass is 10.1. The summed E-state index contributed by atoms with van der Waals surface area (Å²) in [6, 6.07) is 15.3. The molecule has 0 fully saturated rings. The second-order valence-electron chi connectivity index (χ2n) is 4.73. The molecule has 0 atom stereocenters. The van der Waals surface area contributed by atoms with E-state index < -0.39 is 0 Å². The number of nitrogens with two attached hydrogens (primary N) is 1. The van der Waals surface area contributed by atoms with Crippen LogP contribution in [0.3, 0.4) is 0 Å². The highest BCUT2D eigenvalue weighted by molar-refractivity contribution is 5.72. The second-order valence-corrected chi connectivity index (χ2v) is 4.73. The van der Waals surface area contributed by atoms with Gasteiger partial charge in [-0.1, -0.05) is 25.1 Å². The van der Waals surface area contributed by atoms with Crippen molar-refractivity contribution in [1.82, 2.24) is 0 Å². The summed E-state index contributed by atoms with van der Waals surface area (Å²) in [6.07, 6.45) is 0.947. The van der Waals surface area contributed by atoms with E-state index in [1.54, 1.807) is 12.1 Å². The molecule has 2 aromatic rings. The summed E-state index contributed by atoms with van der Waals surface area (Å²) in [4.78, 5) is 0. The molecule has 0 aliphatic carbocycles. The van der Waals surface area contributed by atoms with Crippen molar-refractivity contribution in [2.24, 2.45) is 0 Å². The summed E-state index contributed by atoms with van der Waals surface area (Å²) in [7, 11) is 0. The van der Waals surface area contributed by atoms with Crippen LogP contribution in [-0.4, -0.2) is 6.61 Å². The molecule has 0 aliphatic heterocycles. The summed E-state index contributed by atoms with van der Waals surface area (Å²) in [5.74, 6) is 0.710. The normalized spacial score (nSPS) is 9.90. The van der Waals surface area contributed by atoms with Crippen molar-refractivity contribution in [3.8, 4) is 11.8 Å². The molecule has 0 saturated heterocycles. The number of hydrogen-bond donors (Lipinski definition) is 2. The number of nitrogens with zero attached hydrogens (tertiary/aromatic N) is 1. The number of para-hydroxylation sites is 1. The molecular formula is C17H19N3O. The lowest BCUT2D eigenvalue weighted by Crippen LogP contribution is -2.05. The van der Waals surface area contributed by atoms with E-state index in [9.17, 15) is 0 Å². The van der Waals surface area contributed by atoms with Gasteiger partial charge in [-0.2, -0.15) is 5.26 Å². The first-order valence-corrected chi connectivity index (χ1v) is 6.98. The van der Waals surface area contributed by atoms with Gasteiger partial charge in [-0.05, 0) is 36.2 Å². The van der Waals surface area contributed by atoms with Crippen molar-refractivity contribution in [1.29, 1.82) is 5.26 Å². The minimum atomic E-state index is 0.625. The van der Waals surface area contributed by atoms with Crippen LogP contribution in [0, 0.1) is 11.3 Å². The Labute approximate surface area is 125 Å². The number of nitrogens with one attached hydrogen (secondary N) is 1. The molecule has 0 spiro atoms. The Hall–Kier alpha value is -2.67. The van der Waals surface area contributed by atoms with E-state index in [0.717, 1.165) is 17.7 Å². The first-order chi connectivity index (χ1) is 10.2. The fourth-order valence-corrected chi connectivity index (χ4v) is 1.93. The minimum Gasteiger partial charge on any atom is -0.491 e. The zero-order valence-corrected chi connectivity index (χ0v) is 12.1. The van der Waals surface area contributed by atoms with E-state index in [1.165, 1.54) is 0 Å². The van der Waals surface area contributed by atoms with Crippen molar-refractivity contribution < 1.29 is 4.74 Å². The zero-order chi connectivity index (χ0) is 15.1. The van der Waals surface area contributed by atoms with E-state index in [2.05, 4.69) is 18.3 Å². The predicted molar refractivity (Wildman–Crippen MR) is 85.1 cm³/mol. The SMILES string of the molecule is CCCOc1cccc(NCc2ccc(C#N)cc2)c1N. The number of nitrogen functional groups attached to an aromatic ring is 1. The van der Waals surface area contributed by atoms with Gasteiger partial charge in [0.2, 0.25) is 0 Å². The van der Waals surface area contributed by atoms with Gasteiger partial charge < -0.3 is 15.8 Å². The molecular weight excluding hydrogens is 262 g/mol. The van der Waals surface area contributed by atoms with Crippen LogP contribution in [0.5, 0.6) is 5.75 Å². The van der Waals surface area contributed by atoms with Gasteiger partial charge in [0, 0.05) is 6.54 Å². The number of rotatable bonds is 6.